The number of nitrogens with one attached hydrogen (secondary N) is 2. The number of nitrogens with zero attached hydrogens (tertiary/aromatic N) is 1. The smallest absolute Gasteiger partial charge is 0.255 e. The van der Waals surface area contributed by atoms with E-state index >= 15 is 0 Å². The predicted octanol–water partition coefficient (Wildman–Crippen LogP) is 3.20. The van der Waals surface area contributed by atoms with Crippen molar-refractivity contribution in [3.8, 4) is 17.0 Å². The van der Waals surface area contributed by atoms with Crippen molar-refractivity contribution in [3.63, 3.8) is 0 Å². The second-order valence-corrected chi connectivity index (χ2v) is 5.52. The summed E-state index contributed by atoms with van der Waals surface area (Å²) >= 11 is 0. The Morgan fingerprint density at radius 2 is 2.04 bits per heavy atom. The molecule has 0 fully saturated rings. The van der Waals surface area contributed by atoms with Gasteiger partial charge < -0.3 is 10.1 Å². The molecule has 0 atom stereocenters. The molecule has 128 valence electrons. The van der Waals surface area contributed by atoms with Gasteiger partial charge in [0.15, 0.2) is 0 Å². The zero-order chi connectivity index (χ0) is 17.6. The van der Waals surface area contributed by atoms with Crippen LogP contribution in [0.15, 0.2) is 54.7 Å². The van der Waals surface area contributed by atoms with Gasteiger partial charge in [-0.1, -0.05) is 12.1 Å². The summed E-state index contributed by atoms with van der Waals surface area (Å²) in [6, 6.07) is 13.7. The second-order valence-electron chi connectivity index (χ2n) is 5.52. The molecule has 0 radical (unpaired) electrons. The topological polar surface area (TPSA) is 67.0 Å². The molecule has 3 aromatic rings. The third-order valence-electron chi connectivity index (χ3n) is 3.85. The first kappa shape index (κ1) is 16.7. The van der Waals surface area contributed by atoms with Crippen molar-refractivity contribution in [1.82, 2.24) is 15.5 Å². The average Bonchev–Trinajstić information content (AvgIpc) is 3.11. The molecule has 0 spiro atoms. The van der Waals surface area contributed by atoms with E-state index in [9.17, 15) is 9.18 Å². The first-order valence-electron chi connectivity index (χ1n) is 7.88. The highest BCUT2D eigenvalue weighted by Gasteiger charge is 2.15. The number of hydrogen-bond donors (Lipinski definition) is 2. The molecule has 2 N–H and O–H groups in total. The average molecular weight is 339 g/mol. The Labute approximate surface area is 144 Å². The van der Waals surface area contributed by atoms with Crippen molar-refractivity contribution < 1.29 is 13.9 Å². The van der Waals surface area contributed by atoms with Crippen molar-refractivity contribution in [1.29, 1.82) is 0 Å². The minimum atomic E-state index is -0.277. The number of halogens is 1. The Kier molecular flexibility index (Phi) is 5.09. The molecule has 0 aliphatic rings. The SMILES string of the molecule is COc1ccc(-c2[nH]ncc2C(=O)NCCc2cccc(F)c2)cc1. The summed E-state index contributed by atoms with van der Waals surface area (Å²) in [5.74, 6) is 0.237. The summed E-state index contributed by atoms with van der Waals surface area (Å²) in [6.07, 6.45) is 2.05. The second kappa shape index (κ2) is 7.61. The molecule has 5 nitrogen and oxygen atoms in total. The fraction of sp³-hybridized carbons (Fsp3) is 0.158. The standard InChI is InChI=1S/C19H18FN3O2/c1-25-16-7-5-14(6-8-16)18-17(12-22-23-18)19(24)21-10-9-13-3-2-4-15(20)11-13/h2-8,11-12H,9-10H2,1H3,(H,21,24)(H,22,23). The van der Waals surface area contributed by atoms with Crippen molar-refractivity contribution in [3.05, 3.63) is 71.7 Å². The molecule has 0 saturated carbocycles. The van der Waals surface area contributed by atoms with Crippen molar-refractivity contribution in [2.24, 2.45) is 0 Å². The molecular weight excluding hydrogens is 321 g/mol. The van der Waals surface area contributed by atoms with E-state index in [-0.39, 0.29) is 11.7 Å². The van der Waals surface area contributed by atoms with Crippen LogP contribution in [-0.2, 0) is 6.42 Å². The van der Waals surface area contributed by atoms with Crippen LogP contribution < -0.4 is 10.1 Å². The van der Waals surface area contributed by atoms with E-state index in [2.05, 4.69) is 15.5 Å². The number of benzene rings is 2. The molecule has 1 heterocycles. The lowest BCUT2D eigenvalue weighted by molar-refractivity contribution is 0.0955. The van der Waals surface area contributed by atoms with E-state index in [0.29, 0.717) is 24.2 Å². The van der Waals surface area contributed by atoms with Crippen LogP contribution in [0.2, 0.25) is 0 Å². The highest BCUT2D eigenvalue weighted by Crippen LogP contribution is 2.23. The monoisotopic (exact) mass is 339 g/mol. The van der Waals surface area contributed by atoms with E-state index in [4.69, 9.17) is 4.74 Å². The van der Waals surface area contributed by atoms with Crippen LogP contribution in [0, 0.1) is 5.82 Å². The number of aromatic nitrogens is 2. The number of ether oxygens (including phenoxy) is 1. The van der Waals surface area contributed by atoms with Gasteiger partial charge in [0.2, 0.25) is 0 Å². The number of H-pyrrole nitrogens is 1. The van der Waals surface area contributed by atoms with E-state index in [0.717, 1.165) is 16.9 Å². The molecule has 1 aromatic heterocycles. The zero-order valence-corrected chi connectivity index (χ0v) is 13.8. The first-order valence-corrected chi connectivity index (χ1v) is 7.88. The number of carbonyl (C=O) groups excluding carboxylic acids is 1. The Hall–Kier alpha value is -3.15. The molecule has 2 aromatic carbocycles. The lowest BCUT2D eigenvalue weighted by Crippen LogP contribution is -2.25. The molecule has 0 unspecified atom stereocenters. The molecule has 6 heteroatoms. The largest absolute Gasteiger partial charge is 0.497 e. The van der Waals surface area contributed by atoms with Crippen LogP contribution in [0.25, 0.3) is 11.3 Å². The normalized spacial score (nSPS) is 10.5. The summed E-state index contributed by atoms with van der Waals surface area (Å²) in [6.45, 7) is 0.412. The van der Waals surface area contributed by atoms with Crippen molar-refractivity contribution in [2.45, 2.75) is 6.42 Å². The van der Waals surface area contributed by atoms with Gasteiger partial charge in [0.05, 0.1) is 24.6 Å². The Morgan fingerprint density at radius 1 is 1.24 bits per heavy atom. The third-order valence-corrected chi connectivity index (χ3v) is 3.85. The van der Waals surface area contributed by atoms with Crippen LogP contribution in [0.1, 0.15) is 15.9 Å². The number of hydrogen-bond acceptors (Lipinski definition) is 3. The number of methoxy groups -OCH3 is 1. The van der Waals surface area contributed by atoms with Gasteiger partial charge in [-0.05, 0) is 48.4 Å². The maximum absolute atomic E-state index is 13.2. The van der Waals surface area contributed by atoms with Crippen LogP contribution in [0.4, 0.5) is 4.39 Å². The van der Waals surface area contributed by atoms with Crippen molar-refractivity contribution in [2.75, 3.05) is 13.7 Å². The fourth-order valence-corrected chi connectivity index (χ4v) is 2.54. The lowest BCUT2D eigenvalue weighted by atomic mass is 10.1. The third kappa shape index (κ3) is 4.03. The van der Waals surface area contributed by atoms with Crippen LogP contribution in [-0.4, -0.2) is 29.8 Å². The summed E-state index contributed by atoms with van der Waals surface area (Å²) in [5.41, 5.74) is 2.78. The van der Waals surface area contributed by atoms with E-state index in [1.54, 1.807) is 13.2 Å². The maximum atomic E-state index is 13.2. The van der Waals surface area contributed by atoms with Gasteiger partial charge in [0.25, 0.3) is 5.91 Å². The van der Waals surface area contributed by atoms with Gasteiger partial charge in [-0.25, -0.2) is 4.39 Å². The van der Waals surface area contributed by atoms with Gasteiger partial charge in [-0.3, -0.25) is 9.89 Å². The van der Waals surface area contributed by atoms with E-state index < -0.39 is 0 Å². The highest BCUT2D eigenvalue weighted by atomic mass is 19.1. The maximum Gasteiger partial charge on any atom is 0.255 e. The molecule has 0 aliphatic heterocycles. The number of amides is 1. The quantitative estimate of drug-likeness (QED) is 0.725. The van der Waals surface area contributed by atoms with Crippen LogP contribution in [0.5, 0.6) is 5.75 Å². The molecule has 3 rings (SSSR count). The zero-order valence-electron chi connectivity index (χ0n) is 13.8. The molecule has 0 aliphatic carbocycles. The Balaban J connectivity index is 1.65. The van der Waals surface area contributed by atoms with E-state index in [1.165, 1.54) is 18.3 Å². The fourth-order valence-electron chi connectivity index (χ4n) is 2.54. The van der Waals surface area contributed by atoms with Gasteiger partial charge in [0, 0.05) is 12.1 Å². The minimum Gasteiger partial charge on any atom is -0.497 e. The molecular formula is C19H18FN3O2. The highest BCUT2D eigenvalue weighted by molar-refractivity contribution is 5.99. The summed E-state index contributed by atoms with van der Waals surface area (Å²) in [4.78, 5) is 12.4. The summed E-state index contributed by atoms with van der Waals surface area (Å²) in [5, 5.41) is 9.67. The summed E-state index contributed by atoms with van der Waals surface area (Å²) < 4.78 is 18.3. The van der Waals surface area contributed by atoms with Gasteiger partial charge in [0.1, 0.15) is 11.6 Å². The van der Waals surface area contributed by atoms with Crippen LogP contribution in [0.3, 0.4) is 0 Å². The predicted molar refractivity (Wildman–Crippen MR) is 93.0 cm³/mol. The Bertz CT molecular complexity index is 859. The summed E-state index contributed by atoms with van der Waals surface area (Å²) in [7, 11) is 1.60. The van der Waals surface area contributed by atoms with E-state index in [1.807, 2.05) is 30.3 Å². The molecule has 0 saturated heterocycles. The van der Waals surface area contributed by atoms with Gasteiger partial charge >= 0.3 is 0 Å². The van der Waals surface area contributed by atoms with Gasteiger partial charge in [-0.2, -0.15) is 5.10 Å². The first-order chi connectivity index (χ1) is 12.2. The molecule has 0 bridgehead atoms. The molecule has 1 amide bonds. The lowest BCUT2D eigenvalue weighted by Gasteiger charge is -2.07. The van der Waals surface area contributed by atoms with Gasteiger partial charge in [-0.15, -0.1) is 0 Å². The van der Waals surface area contributed by atoms with Crippen molar-refractivity contribution >= 4 is 5.91 Å². The number of aromatic amines is 1. The number of carbonyl (C=O) groups is 1. The van der Waals surface area contributed by atoms with Crippen LogP contribution >= 0.6 is 0 Å². The Morgan fingerprint density at radius 3 is 2.76 bits per heavy atom. The number of rotatable bonds is 6. The minimum absolute atomic E-state index is 0.226. The molecule has 25 heavy (non-hydrogen) atoms.